The Labute approximate surface area is 123 Å². The summed E-state index contributed by atoms with van der Waals surface area (Å²) in [6.07, 6.45) is 2.69. The van der Waals surface area contributed by atoms with Crippen LogP contribution in [0.15, 0.2) is 24.4 Å². The highest BCUT2D eigenvalue weighted by Crippen LogP contribution is 2.28. The predicted molar refractivity (Wildman–Crippen MR) is 82.7 cm³/mol. The number of nitrogen functional groups attached to an aromatic ring is 1. The van der Waals surface area contributed by atoms with E-state index >= 15 is 0 Å². The average Bonchev–Trinajstić information content (AvgIpc) is 2.81. The molecule has 1 aromatic heterocycles. The van der Waals surface area contributed by atoms with Gasteiger partial charge in [-0.05, 0) is 25.5 Å². The van der Waals surface area contributed by atoms with Crippen LogP contribution < -0.4 is 11.1 Å². The summed E-state index contributed by atoms with van der Waals surface area (Å²) >= 11 is 0. The molecule has 0 bridgehead atoms. The number of para-hydroxylation sites is 1. The molecule has 0 atom stereocenters. The monoisotopic (exact) mass is 288 g/mol. The number of carbonyl (C=O) groups excluding carboxylic acids is 1. The molecule has 3 N–H and O–H groups in total. The van der Waals surface area contributed by atoms with Crippen LogP contribution in [0.4, 0.5) is 17.1 Å². The van der Waals surface area contributed by atoms with Crippen LogP contribution in [-0.4, -0.2) is 22.4 Å². The van der Waals surface area contributed by atoms with Crippen molar-refractivity contribution in [1.82, 2.24) is 9.78 Å². The van der Waals surface area contributed by atoms with Gasteiger partial charge in [0.15, 0.2) is 0 Å². The molecule has 6 heteroatoms. The van der Waals surface area contributed by atoms with E-state index in [1.807, 2.05) is 26.2 Å². The van der Waals surface area contributed by atoms with Crippen molar-refractivity contribution in [2.75, 3.05) is 17.7 Å². The lowest BCUT2D eigenvalue weighted by Crippen LogP contribution is -2.09. The first kappa shape index (κ1) is 14.9. The first-order valence-corrected chi connectivity index (χ1v) is 6.92. The van der Waals surface area contributed by atoms with Gasteiger partial charge in [-0.3, -0.25) is 4.68 Å². The van der Waals surface area contributed by atoms with Gasteiger partial charge < -0.3 is 15.8 Å². The SMILES string of the molecule is CCOC(=O)c1cccc(Nc2cn(C)nc2CC)c1N. The number of hydrogen-bond donors (Lipinski definition) is 2. The number of esters is 1. The third-order valence-electron chi connectivity index (χ3n) is 3.11. The third-order valence-corrected chi connectivity index (χ3v) is 3.11. The van der Waals surface area contributed by atoms with Gasteiger partial charge >= 0.3 is 5.97 Å². The second kappa shape index (κ2) is 6.30. The summed E-state index contributed by atoms with van der Waals surface area (Å²) in [5.41, 5.74) is 9.31. The molecule has 0 saturated carbocycles. The van der Waals surface area contributed by atoms with Gasteiger partial charge in [-0.1, -0.05) is 13.0 Å². The molecule has 0 unspecified atom stereocenters. The van der Waals surface area contributed by atoms with Gasteiger partial charge in [0.05, 0.1) is 34.9 Å². The number of ether oxygens (including phenoxy) is 1. The van der Waals surface area contributed by atoms with Gasteiger partial charge in [0.2, 0.25) is 0 Å². The molecule has 0 radical (unpaired) electrons. The van der Waals surface area contributed by atoms with Gasteiger partial charge in [-0.15, -0.1) is 0 Å². The van der Waals surface area contributed by atoms with Crippen LogP contribution in [-0.2, 0) is 18.2 Å². The van der Waals surface area contributed by atoms with E-state index in [9.17, 15) is 4.79 Å². The lowest BCUT2D eigenvalue weighted by molar-refractivity contribution is 0.0527. The zero-order chi connectivity index (χ0) is 15.4. The molecular weight excluding hydrogens is 268 g/mol. The molecule has 6 nitrogen and oxygen atoms in total. The fraction of sp³-hybridized carbons (Fsp3) is 0.333. The van der Waals surface area contributed by atoms with Crippen LogP contribution in [0, 0.1) is 0 Å². The highest BCUT2D eigenvalue weighted by molar-refractivity contribution is 5.98. The lowest BCUT2D eigenvalue weighted by atomic mass is 10.1. The van der Waals surface area contributed by atoms with Crippen molar-refractivity contribution in [3.05, 3.63) is 35.7 Å². The van der Waals surface area contributed by atoms with Gasteiger partial charge in [0.25, 0.3) is 0 Å². The number of nitrogens with two attached hydrogens (primary N) is 1. The van der Waals surface area contributed by atoms with E-state index in [4.69, 9.17) is 10.5 Å². The van der Waals surface area contributed by atoms with Crippen molar-refractivity contribution in [2.45, 2.75) is 20.3 Å². The van der Waals surface area contributed by atoms with E-state index in [2.05, 4.69) is 10.4 Å². The Morgan fingerprint density at radius 1 is 1.38 bits per heavy atom. The van der Waals surface area contributed by atoms with Crippen molar-refractivity contribution in [2.24, 2.45) is 7.05 Å². The predicted octanol–water partition coefficient (Wildman–Crippen LogP) is 2.48. The van der Waals surface area contributed by atoms with Gasteiger partial charge in [0, 0.05) is 13.2 Å². The van der Waals surface area contributed by atoms with Gasteiger partial charge in [-0.2, -0.15) is 5.10 Å². The smallest absolute Gasteiger partial charge is 0.340 e. The fourth-order valence-corrected chi connectivity index (χ4v) is 2.11. The van der Waals surface area contributed by atoms with Crippen LogP contribution >= 0.6 is 0 Å². The standard InChI is InChI=1S/C15H20N4O2/c1-4-11-13(9-19(3)18-11)17-12-8-6-7-10(14(12)16)15(20)21-5-2/h6-9,17H,4-5,16H2,1-3H3. The quantitative estimate of drug-likeness (QED) is 0.652. The second-order valence-electron chi connectivity index (χ2n) is 4.63. The normalized spacial score (nSPS) is 10.4. The Bertz CT molecular complexity index is 649. The Balaban J connectivity index is 2.32. The fourth-order valence-electron chi connectivity index (χ4n) is 2.11. The summed E-state index contributed by atoms with van der Waals surface area (Å²) in [5.74, 6) is -0.416. The van der Waals surface area contributed by atoms with Crippen molar-refractivity contribution in [3.8, 4) is 0 Å². The van der Waals surface area contributed by atoms with Gasteiger partial charge in [0.1, 0.15) is 0 Å². The Morgan fingerprint density at radius 2 is 2.14 bits per heavy atom. The zero-order valence-corrected chi connectivity index (χ0v) is 12.5. The molecule has 0 fully saturated rings. The molecule has 2 aromatic rings. The highest BCUT2D eigenvalue weighted by atomic mass is 16.5. The molecular formula is C15H20N4O2. The minimum absolute atomic E-state index is 0.318. The maximum absolute atomic E-state index is 11.9. The van der Waals surface area contributed by atoms with E-state index in [0.717, 1.165) is 17.8 Å². The maximum Gasteiger partial charge on any atom is 0.340 e. The zero-order valence-electron chi connectivity index (χ0n) is 12.5. The van der Waals surface area contributed by atoms with Gasteiger partial charge in [-0.25, -0.2) is 4.79 Å². The molecule has 1 heterocycles. The lowest BCUT2D eigenvalue weighted by Gasteiger charge is -2.12. The largest absolute Gasteiger partial charge is 0.462 e. The minimum Gasteiger partial charge on any atom is -0.462 e. The maximum atomic E-state index is 11.9. The summed E-state index contributed by atoms with van der Waals surface area (Å²) in [6.45, 7) is 4.11. The summed E-state index contributed by atoms with van der Waals surface area (Å²) in [7, 11) is 1.86. The average molecular weight is 288 g/mol. The Kier molecular flexibility index (Phi) is 4.47. The van der Waals surface area contributed by atoms with E-state index in [1.165, 1.54) is 0 Å². The van der Waals surface area contributed by atoms with Crippen LogP contribution in [0.1, 0.15) is 29.9 Å². The van der Waals surface area contributed by atoms with Crippen molar-refractivity contribution < 1.29 is 9.53 Å². The molecule has 0 aliphatic carbocycles. The number of hydrogen-bond acceptors (Lipinski definition) is 5. The van der Waals surface area contributed by atoms with Crippen molar-refractivity contribution in [3.63, 3.8) is 0 Å². The topological polar surface area (TPSA) is 82.2 Å². The van der Waals surface area contributed by atoms with Crippen LogP contribution in [0.2, 0.25) is 0 Å². The Hall–Kier alpha value is -2.50. The second-order valence-corrected chi connectivity index (χ2v) is 4.63. The molecule has 1 aromatic carbocycles. The first-order chi connectivity index (χ1) is 10.1. The summed E-state index contributed by atoms with van der Waals surface area (Å²) in [6, 6.07) is 5.25. The third kappa shape index (κ3) is 3.16. The molecule has 112 valence electrons. The molecule has 0 amide bonds. The van der Waals surface area contributed by atoms with Crippen molar-refractivity contribution in [1.29, 1.82) is 0 Å². The number of rotatable bonds is 5. The Morgan fingerprint density at radius 3 is 2.81 bits per heavy atom. The van der Waals surface area contributed by atoms with Crippen LogP contribution in [0.3, 0.4) is 0 Å². The number of nitrogens with one attached hydrogen (secondary N) is 1. The molecule has 2 rings (SSSR count). The van der Waals surface area contributed by atoms with E-state index in [-0.39, 0.29) is 0 Å². The van der Waals surface area contributed by atoms with Crippen molar-refractivity contribution >= 4 is 23.0 Å². The molecule has 21 heavy (non-hydrogen) atoms. The van der Waals surface area contributed by atoms with E-state index in [0.29, 0.717) is 23.5 Å². The minimum atomic E-state index is -0.416. The van der Waals surface area contributed by atoms with Crippen LogP contribution in [0.25, 0.3) is 0 Å². The molecule has 0 spiro atoms. The number of aryl methyl sites for hydroxylation is 2. The molecule has 0 aliphatic rings. The molecule has 0 saturated heterocycles. The number of carbonyl (C=O) groups is 1. The summed E-state index contributed by atoms with van der Waals surface area (Å²) < 4.78 is 6.74. The number of nitrogens with zero attached hydrogens (tertiary/aromatic N) is 2. The van der Waals surface area contributed by atoms with Crippen LogP contribution in [0.5, 0.6) is 0 Å². The number of anilines is 3. The highest BCUT2D eigenvalue weighted by Gasteiger charge is 2.15. The summed E-state index contributed by atoms with van der Waals surface area (Å²) in [5, 5.41) is 7.60. The number of aromatic nitrogens is 2. The molecule has 0 aliphatic heterocycles. The number of benzene rings is 1. The first-order valence-electron chi connectivity index (χ1n) is 6.92. The summed E-state index contributed by atoms with van der Waals surface area (Å²) in [4.78, 5) is 11.9. The van der Waals surface area contributed by atoms with E-state index in [1.54, 1.807) is 23.7 Å². The van der Waals surface area contributed by atoms with E-state index < -0.39 is 5.97 Å².